The van der Waals surface area contributed by atoms with Crippen molar-refractivity contribution in [2.75, 3.05) is 28.4 Å². The van der Waals surface area contributed by atoms with E-state index in [0.717, 1.165) is 11.1 Å². The number of ether oxygens (including phenoxy) is 4. The van der Waals surface area contributed by atoms with Gasteiger partial charge in [0.15, 0.2) is 23.0 Å². The molecule has 0 aliphatic heterocycles. The second kappa shape index (κ2) is 12.2. The Kier molecular flexibility index (Phi) is 9.61. The monoisotopic (exact) mass is 469 g/mol. The molecular weight excluding hydrogens is 434 g/mol. The summed E-state index contributed by atoms with van der Waals surface area (Å²) in [5.41, 5.74) is 0.932. The molecule has 0 spiro atoms. The van der Waals surface area contributed by atoms with Crippen molar-refractivity contribution >= 4 is 5.97 Å². The quantitative estimate of drug-likeness (QED) is 0.428. The van der Waals surface area contributed by atoms with E-state index in [9.17, 15) is 15.2 Å². The van der Waals surface area contributed by atoms with E-state index in [1.807, 2.05) is 38.1 Å². The summed E-state index contributed by atoms with van der Waals surface area (Å²) in [5, 5.41) is 20.1. The second-order valence-electron chi connectivity index (χ2n) is 8.63. The third-order valence-electron chi connectivity index (χ3n) is 6.49. The van der Waals surface area contributed by atoms with Crippen LogP contribution < -0.4 is 18.9 Å². The molecule has 7 nitrogen and oxygen atoms in total. The van der Waals surface area contributed by atoms with Crippen LogP contribution in [0.5, 0.6) is 23.0 Å². The zero-order valence-electron chi connectivity index (χ0n) is 20.9. The SMILES string of the molecule is COc1ccc(CC(CCCC(C#N)(c2ccc(OC)c(OC)c2)C(C)C)C(=O)O)cc1OC. The Hall–Kier alpha value is -3.40. The van der Waals surface area contributed by atoms with Gasteiger partial charge in [0.05, 0.1) is 45.8 Å². The van der Waals surface area contributed by atoms with E-state index in [4.69, 9.17) is 18.9 Å². The Balaban J connectivity index is 2.22. The van der Waals surface area contributed by atoms with E-state index in [2.05, 4.69) is 6.07 Å². The lowest BCUT2D eigenvalue weighted by Gasteiger charge is -2.32. The van der Waals surface area contributed by atoms with E-state index >= 15 is 0 Å². The molecule has 0 aliphatic carbocycles. The molecule has 2 rings (SSSR count). The summed E-state index contributed by atoms with van der Waals surface area (Å²) in [4.78, 5) is 12.0. The summed E-state index contributed by atoms with van der Waals surface area (Å²) in [7, 11) is 6.25. The van der Waals surface area contributed by atoms with Crippen LogP contribution in [0.4, 0.5) is 0 Å². The average Bonchev–Trinajstić information content (AvgIpc) is 2.85. The number of hydrogen-bond acceptors (Lipinski definition) is 6. The van der Waals surface area contributed by atoms with Gasteiger partial charge in [0.2, 0.25) is 0 Å². The first kappa shape index (κ1) is 26.8. The Morgan fingerprint density at radius 2 is 1.50 bits per heavy atom. The molecule has 0 aromatic heterocycles. The number of benzene rings is 2. The fourth-order valence-electron chi connectivity index (χ4n) is 4.36. The number of hydrogen-bond donors (Lipinski definition) is 1. The number of rotatable bonds is 13. The molecule has 2 aromatic carbocycles. The molecule has 0 saturated carbocycles. The molecule has 7 heteroatoms. The average molecular weight is 470 g/mol. The molecule has 0 fully saturated rings. The number of carboxylic acid groups (broad SMARTS) is 1. The van der Waals surface area contributed by atoms with E-state index < -0.39 is 17.3 Å². The number of aliphatic carboxylic acids is 1. The summed E-state index contributed by atoms with van der Waals surface area (Å²) in [5.74, 6) is 0.925. The van der Waals surface area contributed by atoms with Gasteiger partial charge < -0.3 is 24.1 Å². The van der Waals surface area contributed by atoms with E-state index in [0.29, 0.717) is 48.7 Å². The van der Waals surface area contributed by atoms with Gasteiger partial charge in [0, 0.05) is 0 Å². The molecule has 2 aromatic rings. The van der Waals surface area contributed by atoms with Gasteiger partial charge in [-0.3, -0.25) is 4.79 Å². The highest BCUT2D eigenvalue weighted by molar-refractivity contribution is 5.70. The minimum Gasteiger partial charge on any atom is -0.493 e. The van der Waals surface area contributed by atoms with Crippen LogP contribution >= 0.6 is 0 Å². The number of carboxylic acids is 1. The molecule has 2 atom stereocenters. The van der Waals surface area contributed by atoms with Crippen LogP contribution in [0.3, 0.4) is 0 Å². The highest BCUT2D eigenvalue weighted by Crippen LogP contribution is 2.41. The topological polar surface area (TPSA) is 98.0 Å². The molecule has 0 amide bonds. The molecule has 34 heavy (non-hydrogen) atoms. The van der Waals surface area contributed by atoms with Crippen LogP contribution in [0.15, 0.2) is 36.4 Å². The molecule has 0 heterocycles. The smallest absolute Gasteiger partial charge is 0.306 e. The van der Waals surface area contributed by atoms with Crippen LogP contribution in [0.1, 0.15) is 44.2 Å². The van der Waals surface area contributed by atoms with Crippen LogP contribution in [-0.2, 0) is 16.6 Å². The lowest BCUT2D eigenvalue weighted by atomic mass is 9.69. The highest BCUT2D eigenvalue weighted by atomic mass is 16.5. The van der Waals surface area contributed by atoms with E-state index in [-0.39, 0.29) is 5.92 Å². The summed E-state index contributed by atoms with van der Waals surface area (Å²) < 4.78 is 21.4. The number of nitriles is 1. The van der Waals surface area contributed by atoms with Crippen LogP contribution in [0.25, 0.3) is 0 Å². The largest absolute Gasteiger partial charge is 0.493 e. The zero-order chi connectivity index (χ0) is 25.3. The summed E-state index contributed by atoms with van der Waals surface area (Å²) in [6.07, 6.45) is 1.94. The Bertz CT molecular complexity index is 1010. The third-order valence-corrected chi connectivity index (χ3v) is 6.49. The van der Waals surface area contributed by atoms with Gasteiger partial charge in [-0.2, -0.15) is 5.26 Å². The first-order chi connectivity index (χ1) is 16.3. The van der Waals surface area contributed by atoms with Gasteiger partial charge in [-0.05, 0) is 60.6 Å². The second-order valence-corrected chi connectivity index (χ2v) is 8.63. The maximum atomic E-state index is 12.0. The molecule has 184 valence electrons. The van der Waals surface area contributed by atoms with Crippen molar-refractivity contribution in [2.45, 2.75) is 44.9 Å². The van der Waals surface area contributed by atoms with Crippen LogP contribution in [0.2, 0.25) is 0 Å². The number of carbonyl (C=O) groups is 1. The minimum absolute atomic E-state index is 0.0183. The van der Waals surface area contributed by atoms with E-state index in [1.165, 1.54) is 0 Å². The molecule has 0 saturated heterocycles. The predicted molar refractivity (Wildman–Crippen MR) is 130 cm³/mol. The molecule has 0 radical (unpaired) electrons. The van der Waals surface area contributed by atoms with Gasteiger partial charge in [-0.1, -0.05) is 32.4 Å². The fraction of sp³-hybridized carbons (Fsp3) is 0.481. The van der Waals surface area contributed by atoms with E-state index in [1.54, 1.807) is 40.6 Å². The minimum atomic E-state index is -0.854. The predicted octanol–water partition coefficient (Wildman–Crippen LogP) is 5.25. The van der Waals surface area contributed by atoms with Gasteiger partial charge in [0.25, 0.3) is 0 Å². The van der Waals surface area contributed by atoms with Gasteiger partial charge in [-0.15, -0.1) is 0 Å². The molecule has 0 bridgehead atoms. The molecule has 2 unspecified atom stereocenters. The number of nitrogens with zero attached hydrogens (tertiary/aromatic N) is 1. The summed E-state index contributed by atoms with van der Waals surface area (Å²) >= 11 is 0. The first-order valence-corrected chi connectivity index (χ1v) is 11.3. The van der Waals surface area contributed by atoms with Crippen LogP contribution in [0, 0.1) is 23.2 Å². The lowest BCUT2D eigenvalue weighted by molar-refractivity contribution is -0.142. The lowest BCUT2D eigenvalue weighted by Crippen LogP contribution is -2.31. The maximum absolute atomic E-state index is 12.0. The van der Waals surface area contributed by atoms with Crippen molar-refractivity contribution in [1.29, 1.82) is 5.26 Å². The normalized spacial score (nSPS) is 13.5. The molecule has 1 N–H and O–H groups in total. The van der Waals surface area contributed by atoms with Crippen molar-refractivity contribution in [3.63, 3.8) is 0 Å². The number of methoxy groups -OCH3 is 4. The van der Waals surface area contributed by atoms with Gasteiger partial charge in [0.1, 0.15) is 0 Å². The Labute approximate surface area is 202 Å². The Morgan fingerprint density at radius 3 is 2.00 bits per heavy atom. The van der Waals surface area contributed by atoms with Crippen molar-refractivity contribution in [3.8, 4) is 29.1 Å². The van der Waals surface area contributed by atoms with Crippen LogP contribution in [-0.4, -0.2) is 39.5 Å². The fourth-order valence-corrected chi connectivity index (χ4v) is 4.36. The summed E-state index contributed by atoms with van der Waals surface area (Å²) in [6, 6.07) is 13.5. The third kappa shape index (κ3) is 5.93. The van der Waals surface area contributed by atoms with Crippen molar-refractivity contribution < 1.29 is 28.8 Å². The van der Waals surface area contributed by atoms with Crippen molar-refractivity contribution in [1.82, 2.24) is 0 Å². The first-order valence-electron chi connectivity index (χ1n) is 11.3. The molecule has 0 aliphatic rings. The van der Waals surface area contributed by atoms with Crippen molar-refractivity contribution in [3.05, 3.63) is 47.5 Å². The highest BCUT2D eigenvalue weighted by Gasteiger charge is 2.36. The van der Waals surface area contributed by atoms with Crippen molar-refractivity contribution in [2.24, 2.45) is 11.8 Å². The summed E-state index contributed by atoms with van der Waals surface area (Å²) in [6.45, 7) is 4.02. The maximum Gasteiger partial charge on any atom is 0.306 e. The zero-order valence-corrected chi connectivity index (χ0v) is 20.9. The standard InChI is InChI=1S/C27H35NO6/c1-18(2)27(17-28,21-10-12-23(32-4)25(16-21)34-6)13-7-8-20(26(29)30)14-19-9-11-22(31-3)24(15-19)33-5/h9-12,15-16,18,20H,7-8,13-14H2,1-6H3,(H,29,30). The Morgan fingerprint density at radius 1 is 0.941 bits per heavy atom. The van der Waals surface area contributed by atoms with Gasteiger partial charge in [-0.25, -0.2) is 0 Å². The molecular formula is C27H35NO6. The van der Waals surface area contributed by atoms with Gasteiger partial charge >= 0.3 is 5.97 Å².